The summed E-state index contributed by atoms with van der Waals surface area (Å²) in [5.41, 5.74) is 2.36. The Kier molecular flexibility index (Phi) is 5.13. The average Bonchev–Trinajstić information content (AvgIpc) is 3.17. The monoisotopic (exact) mass is 369 g/mol. The van der Waals surface area contributed by atoms with Crippen molar-refractivity contribution < 1.29 is 9.59 Å². The van der Waals surface area contributed by atoms with Gasteiger partial charge in [0.1, 0.15) is 4.88 Å². The van der Waals surface area contributed by atoms with Gasteiger partial charge < -0.3 is 10.6 Å². The van der Waals surface area contributed by atoms with Gasteiger partial charge in [0.05, 0.1) is 16.4 Å². The minimum atomic E-state index is -0.355. The van der Waals surface area contributed by atoms with Crippen LogP contribution in [0.15, 0.2) is 36.5 Å². The van der Waals surface area contributed by atoms with E-state index in [2.05, 4.69) is 20.7 Å². The van der Waals surface area contributed by atoms with Gasteiger partial charge in [-0.15, -0.1) is 11.3 Å². The van der Waals surface area contributed by atoms with Crippen LogP contribution in [0.25, 0.3) is 0 Å². The third-order valence-corrected chi connectivity index (χ3v) is 4.92. The van der Waals surface area contributed by atoms with E-state index in [9.17, 15) is 9.59 Å². The van der Waals surface area contributed by atoms with Crippen LogP contribution in [0.2, 0.25) is 0 Å². The maximum absolute atomic E-state index is 12.7. The SMILES string of the molecule is CNC(=O)c1nn(C)cc1NC(=O)c1sc(Cc2ccccc2)nc1C. The van der Waals surface area contributed by atoms with E-state index in [0.717, 1.165) is 10.6 Å². The number of rotatable bonds is 5. The molecule has 3 rings (SSSR count). The van der Waals surface area contributed by atoms with E-state index in [-0.39, 0.29) is 17.5 Å². The zero-order valence-electron chi connectivity index (χ0n) is 14.7. The number of aryl methyl sites for hydroxylation is 2. The number of nitrogens with zero attached hydrogens (tertiary/aromatic N) is 3. The number of carbonyl (C=O) groups excluding carboxylic acids is 2. The fourth-order valence-corrected chi connectivity index (χ4v) is 3.55. The van der Waals surface area contributed by atoms with E-state index in [4.69, 9.17) is 0 Å². The highest BCUT2D eigenvalue weighted by Crippen LogP contribution is 2.23. The van der Waals surface area contributed by atoms with Crippen LogP contribution >= 0.6 is 11.3 Å². The summed E-state index contributed by atoms with van der Waals surface area (Å²) >= 11 is 1.36. The molecule has 2 N–H and O–H groups in total. The smallest absolute Gasteiger partial charge is 0.273 e. The molecule has 0 aliphatic carbocycles. The Balaban J connectivity index is 1.80. The fourth-order valence-electron chi connectivity index (χ4n) is 2.55. The molecule has 0 fully saturated rings. The van der Waals surface area contributed by atoms with Gasteiger partial charge in [-0.2, -0.15) is 5.10 Å². The van der Waals surface area contributed by atoms with E-state index < -0.39 is 0 Å². The van der Waals surface area contributed by atoms with E-state index in [0.29, 0.717) is 22.7 Å². The highest BCUT2D eigenvalue weighted by atomic mass is 32.1. The molecule has 0 radical (unpaired) electrons. The van der Waals surface area contributed by atoms with Crippen LogP contribution in [0.4, 0.5) is 5.69 Å². The number of carbonyl (C=O) groups is 2. The van der Waals surface area contributed by atoms with E-state index in [1.165, 1.54) is 23.1 Å². The molecule has 2 amide bonds. The lowest BCUT2D eigenvalue weighted by Crippen LogP contribution is -2.21. The molecular formula is C18H19N5O2S. The molecule has 26 heavy (non-hydrogen) atoms. The summed E-state index contributed by atoms with van der Waals surface area (Å²) < 4.78 is 1.49. The van der Waals surface area contributed by atoms with Crippen molar-refractivity contribution in [3.05, 3.63) is 63.4 Å². The molecule has 0 aliphatic heterocycles. The summed E-state index contributed by atoms with van der Waals surface area (Å²) in [4.78, 5) is 29.6. The van der Waals surface area contributed by atoms with Gasteiger partial charge in [-0.1, -0.05) is 30.3 Å². The lowest BCUT2D eigenvalue weighted by Gasteiger charge is -2.03. The average molecular weight is 369 g/mol. The molecule has 2 aromatic heterocycles. The number of aromatic nitrogens is 3. The first kappa shape index (κ1) is 17.8. The number of thiazole rings is 1. The highest BCUT2D eigenvalue weighted by molar-refractivity contribution is 7.14. The fraction of sp³-hybridized carbons (Fsp3) is 0.222. The predicted octanol–water partition coefficient (Wildman–Crippen LogP) is 2.39. The zero-order valence-corrected chi connectivity index (χ0v) is 15.6. The molecule has 0 spiro atoms. The summed E-state index contributed by atoms with van der Waals surface area (Å²) in [5.74, 6) is -0.649. The van der Waals surface area contributed by atoms with Crippen LogP contribution in [0.3, 0.4) is 0 Å². The first-order chi connectivity index (χ1) is 12.5. The standard InChI is InChI=1S/C18H19N5O2S/c1-11-16(26-14(20-11)9-12-7-5-4-6-8-12)18(25)21-13-10-23(3)22-15(13)17(24)19-2/h4-8,10H,9H2,1-3H3,(H,19,24)(H,21,25). The first-order valence-electron chi connectivity index (χ1n) is 8.05. The van der Waals surface area contributed by atoms with Crippen molar-refractivity contribution in [1.82, 2.24) is 20.1 Å². The van der Waals surface area contributed by atoms with Crippen LogP contribution in [0.5, 0.6) is 0 Å². The van der Waals surface area contributed by atoms with Crippen LogP contribution < -0.4 is 10.6 Å². The van der Waals surface area contributed by atoms with Gasteiger partial charge in [-0.05, 0) is 12.5 Å². The molecule has 1 aromatic carbocycles. The molecule has 0 saturated carbocycles. The van der Waals surface area contributed by atoms with Crippen molar-refractivity contribution in [2.75, 3.05) is 12.4 Å². The number of nitrogens with one attached hydrogen (secondary N) is 2. The Morgan fingerprint density at radius 2 is 1.92 bits per heavy atom. The Bertz CT molecular complexity index is 946. The quantitative estimate of drug-likeness (QED) is 0.723. The van der Waals surface area contributed by atoms with Gasteiger partial charge in [0, 0.05) is 26.7 Å². The topological polar surface area (TPSA) is 88.9 Å². The van der Waals surface area contributed by atoms with E-state index in [1.54, 1.807) is 13.2 Å². The third-order valence-electron chi connectivity index (χ3n) is 3.76. The van der Waals surface area contributed by atoms with Crippen LogP contribution in [0, 0.1) is 6.92 Å². The summed E-state index contributed by atoms with van der Waals surface area (Å²) in [7, 11) is 3.21. The van der Waals surface area contributed by atoms with E-state index in [1.807, 2.05) is 37.3 Å². The van der Waals surface area contributed by atoms with Crippen molar-refractivity contribution in [3.63, 3.8) is 0 Å². The van der Waals surface area contributed by atoms with Crippen molar-refractivity contribution in [3.8, 4) is 0 Å². The van der Waals surface area contributed by atoms with Gasteiger partial charge in [0.25, 0.3) is 11.8 Å². The lowest BCUT2D eigenvalue weighted by atomic mass is 10.2. The van der Waals surface area contributed by atoms with Crippen molar-refractivity contribution in [2.45, 2.75) is 13.3 Å². The van der Waals surface area contributed by atoms with Crippen molar-refractivity contribution >= 4 is 28.8 Å². The second-order valence-corrected chi connectivity index (χ2v) is 6.87. The summed E-state index contributed by atoms with van der Waals surface area (Å²) in [6.45, 7) is 1.81. The predicted molar refractivity (Wildman–Crippen MR) is 101 cm³/mol. The summed E-state index contributed by atoms with van der Waals surface area (Å²) in [6, 6.07) is 9.98. The van der Waals surface area contributed by atoms with Crippen LogP contribution in [0.1, 0.15) is 36.4 Å². The second kappa shape index (κ2) is 7.49. The first-order valence-corrected chi connectivity index (χ1v) is 8.87. The molecule has 2 heterocycles. The van der Waals surface area contributed by atoms with Gasteiger partial charge in [0.15, 0.2) is 5.69 Å². The Labute approximate surface area is 155 Å². The molecule has 134 valence electrons. The zero-order chi connectivity index (χ0) is 18.7. The number of anilines is 1. The minimum Gasteiger partial charge on any atom is -0.354 e. The molecule has 0 saturated heterocycles. The van der Waals surface area contributed by atoms with Gasteiger partial charge in [-0.25, -0.2) is 4.98 Å². The largest absolute Gasteiger partial charge is 0.354 e. The lowest BCUT2D eigenvalue weighted by molar-refractivity contribution is 0.0958. The number of hydrogen-bond donors (Lipinski definition) is 2. The van der Waals surface area contributed by atoms with Crippen molar-refractivity contribution in [2.24, 2.45) is 7.05 Å². The van der Waals surface area contributed by atoms with Crippen LogP contribution in [-0.4, -0.2) is 33.6 Å². The van der Waals surface area contributed by atoms with Crippen molar-refractivity contribution in [1.29, 1.82) is 0 Å². The molecule has 3 aromatic rings. The number of hydrogen-bond acceptors (Lipinski definition) is 5. The third kappa shape index (κ3) is 3.80. The van der Waals surface area contributed by atoms with Gasteiger partial charge >= 0.3 is 0 Å². The minimum absolute atomic E-state index is 0.176. The second-order valence-electron chi connectivity index (χ2n) is 5.78. The summed E-state index contributed by atoms with van der Waals surface area (Å²) in [6.07, 6.45) is 2.28. The normalized spacial score (nSPS) is 10.6. The van der Waals surface area contributed by atoms with Crippen LogP contribution in [-0.2, 0) is 13.5 Å². The molecule has 7 nitrogen and oxygen atoms in total. The highest BCUT2D eigenvalue weighted by Gasteiger charge is 2.20. The maximum atomic E-state index is 12.7. The Morgan fingerprint density at radius 1 is 1.19 bits per heavy atom. The Morgan fingerprint density at radius 3 is 2.62 bits per heavy atom. The van der Waals surface area contributed by atoms with Gasteiger partial charge in [0.2, 0.25) is 0 Å². The molecule has 0 unspecified atom stereocenters. The molecule has 0 aliphatic rings. The molecule has 8 heteroatoms. The maximum Gasteiger partial charge on any atom is 0.273 e. The molecule has 0 atom stereocenters. The molecule has 0 bridgehead atoms. The van der Waals surface area contributed by atoms with E-state index >= 15 is 0 Å². The summed E-state index contributed by atoms with van der Waals surface area (Å²) in [5, 5.41) is 10.2. The van der Waals surface area contributed by atoms with Gasteiger partial charge in [-0.3, -0.25) is 14.3 Å². The molecular weight excluding hydrogens is 350 g/mol. The number of amides is 2. The number of benzene rings is 1. The Hall–Kier alpha value is -3.00.